The smallest absolute Gasteiger partial charge is 0.311 e. The van der Waals surface area contributed by atoms with Crippen LogP contribution >= 0.6 is 0 Å². The molecule has 1 aromatic rings. The topological polar surface area (TPSA) is 53.7 Å². The molecule has 4 nitrogen and oxygen atoms in total. The molecule has 1 aliphatic rings. The minimum absolute atomic E-state index is 0.0339. The molecule has 0 amide bonds. The molecule has 0 saturated carbocycles. The molecule has 1 fully saturated rings. The van der Waals surface area contributed by atoms with Gasteiger partial charge in [-0.25, -0.2) is 0 Å². The van der Waals surface area contributed by atoms with E-state index in [1.165, 1.54) is 12.8 Å². The fourth-order valence-corrected chi connectivity index (χ4v) is 1.75. The maximum Gasteiger partial charge on any atom is 0.311 e. The van der Waals surface area contributed by atoms with Crippen molar-refractivity contribution in [3.63, 3.8) is 0 Å². The Morgan fingerprint density at radius 2 is 2.21 bits per heavy atom. The summed E-state index contributed by atoms with van der Waals surface area (Å²) in [5.74, 6) is -0.327. The molecule has 0 unspecified atom stereocenters. The van der Waals surface area contributed by atoms with E-state index in [-0.39, 0.29) is 6.42 Å². The Balaban J connectivity index is 2.05. The highest BCUT2D eigenvalue weighted by Gasteiger charge is 2.15. The van der Waals surface area contributed by atoms with Crippen molar-refractivity contribution in [2.24, 2.45) is 0 Å². The predicted molar refractivity (Wildman–Crippen MR) is 51.5 cm³/mol. The summed E-state index contributed by atoms with van der Waals surface area (Å²) in [7, 11) is 0. The number of anilines is 1. The lowest BCUT2D eigenvalue weighted by molar-refractivity contribution is -0.136. The fourth-order valence-electron chi connectivity index (χ4n) is 1.75. The summed E-state index contributed by atoms with van der Waals surface area (Å²) in [4.78, 5) is 12.6. The maximum absolute atomic E-state index is 10.4. The summed E-state index contributed by atoms with van der Waals surface area (Å²) in [5.41, 5.74) is 1.01. The molecule has 76 valence electrons. The highest BCUT2D eigenvalue weighted by molar-refractivity contribution is 5.69. The predicted octanol–water partition coefficient (Wildman–Crippen LogP) is 1.51. The van der Waals surface area contributed by atoms with Gasteiger partial charge >= 0.3 is 5.97 Å². The number of hydrogen-bond donors (Lipinski definition) is 1. The molecule has 14 heavy (non-hydrogen) atoms. The van der Waals surface area contributed by atoms with Gasteiger partial charge in [0.1, 0.15) is 18.4 Å². The standard InChI is InChI=1S/C10H13NO3/c12-10(13)6-9-5-8(7-14-9)11-3-1-2-4-11/h5,7H,1-4,6H2,(H,12,13). The van der Waals surface area contributed by atoms with E-state index in [2.05, 4.69) is 4.90 Å². The molecular weight excluding hydrogens is 182 g/mol. The summed E-state index contributed by atoms with van der Waals surface area (Å²) >= 11 is 0. The molecule has 0 aromatic carbocycles. The van der Waals surface area contributed by atoms with Gasteiger partial charge in [0.15, 0.2) is 0 Å². The number of hydrogen-bond acceptors (Lipinski definition) is 3. The number of rotatable bonds is 3. The second-order valence-electron chi connectivity index (χ2n) is 3.54. The first-order valence-corrected chi connectivity index (χ1v) is 4.80. The highest BCUT2D eigenvalue weighted by Crippen LogP contribution is 2.22. The van der Waals surface area contributed by atoms with Crippen LogP contribution in [0, 0.1) is 0 Å². The summed E-state index contributed by atoms with van der Waals surface area (Å²) in [6, 6.07) is 1.82. The van der Waals surface area contributed by atoms with Crippen LogP contribution in [0.5, 0.6) is 0 Å². The lowest BCUT2D eigenvalue weighted by Gasteiger charge is -2.13. The average Bonchev–Trinajstić information content (AvgIpc) is 2.69. The molecule has 0 atom stereocenters. The average molecular weight is 195 g/mol. The van der Waals surface area contributed by atoms with Crippen molar-refractivity contribution in [3.8, 4) is 0 Å². The van der Waals surface area contributed by atoms with Crippen molar-refractivity contribution in [3.05, 3.63) is 18.1 Å². The molecule has 1 aliphatic heterocycles. The summed E-state index contributed by atoms with van der Waals surface area (Å²) in [6.07, 6.45) is 4.02. The van der Waals surface area contributed by atoms with Gasteiger partial charge in [0.05, 0.1) is 5.69 Å². The van der Waals surface area contributed by atoms with Crippen molar-refractivity contribution in [1.82, 2.24) is 0 Å². The molecule has 1 saturated heterocycles. The highest BCUT2D eigenvalue weighted by atomic mass is 16.4. The Hall–Kier alpha value is -1.45. The first kappa shape index (κ1) is 9.12. The van der Waals surface area contributed by atoms with Crippen LogP contribution < -0.4 is 4.90 Å². The second kappa shape index (κ2) is 3.74. The zero-order valence-corrected chi connectivity index (χ0v) is 7.90. The molecule has 2 rings (SSSR count). The third-order valence-electron chi connectivity index (χ3n) is 2.44. The molecule has 2 heterocycles. The van der Waals surface area contributed by atoms with Crippen LogP contribution in [-0.2, 0) is 11.2 Å². The van der Waals surface area contributed by atoms with Crippen LogP contribution in [0.4, 0.5) is 5.69 Å². The summed E-state index contributed by atoms with van der Waals surface area (Å²) < 4.78 is 5.17. The Morgan fingerprint density at radius 1 is 1.50 bits per heavy atom. The number of carboxylic acids is 1. The molecule has 0 aliphatic carbocycles. The van der Waals surface area contributed by atoms with Gasteiger partial charge in [0.2, 0.25) is 0 Å². The van der Waals surface area contributed by atoms with Crippen LogP contribution in [0.2, 0.25) is 0 Å². The number of aliphatic carboxylic acids is 1. The third kappa shape index (κ3) is 1.89. The van der Waals surface area contributed by atoms with E-state index >= 15 is 0 Å². The summed E-state index contributed by atoms with van der Waals surface area (Å²) in [5, 5.41) is 8.57. The Labute approximate surface area is 82.1 Å². The Morgan fingerprint density at radius 3 is 2.86 bits per heavy atom. The lowest BCUT2D eigenvalue weighted by atomic mass is 10.3. The van der Waals surface area contributed by atoms with Crippen molar-refractivity contribution >= 4 is 11.7 Å². The second-order valence-corrected chi connectivity index (χ2v) is 3.54. The van der Waals surface area contributed by atoms with Gasteiger partial charge in [-0.15, -0.1) is 0 Å². The van der Waals surface area contributed by atoms with Crippen molar-refractivity contribution in [2.75, 3.05) is 18.0 Å². The van der Waals surface area contributed by atoms with Crippen LogP contribution in [-0.4, -0.2) is 24.2 Å². The van der Waals surface area contributed by atoms with E-state index in [9.17, 15) is 4.79 Å². The zero-order valence-electron chi connectivity index (χ0n) is 7.90. The molecule has 0 radical (unpaired) electrons. The van der Waals surface area contributed by atoms with Gasteiger partial charge in [0, 0.05) is 19.2 Å². The van der Waals surface area contributed by atoms with Crippen molar-refractivity contribution in [2.45, 2.75) is 19.3 Å². The van der Waals surface area contributed by atoms with Gasteiger partial charge in [-0.05, 0) is 12.8 Å². The molecular formula is C10H13NO3. The lowest BCUT2D eigenvalue weighted by Crippen LogP contribution is -2.16. The van der Waals surface area contributed by atoms with Gasteiger partial charge < -0.3 is 14.4 Å². The third-order valence-corrected chi connectivity index (χ3v) is 2.44. The van der Waals surface area contributed by atoms with Crippen molar-refractivity contribution in [1.29, 1.82) is 0 Å². The molecule has 4 heteroatoms. The van der Waals surface area contributed by atoms with E-state index in [4.69, 9.17) is 9.52 Å². The maximum atomic E-state index is 10.4. The first-order valence-electron chi connectivity index (χ1n) is 4.80. The fraction of sp³-hybridized carbons (Fsp3) is 0.500. The molecule has 1 N–H and O–H groups in total. The van der Waals surface area contributed by atoms with Crippen LogP contribution in [0.15, 0.2) is 16.7 Å². The van der Waals surface area contributed by atoms with Gasteiger partial charge in [-0.2, -0.15) is 0 Å². The van der Waals surface area contributed by atoms with E-state index < -0.39 is 5.97 Å². The van der Waals surface area contributed by atoms with Crippen molar-refractivity contribution < 1.29 is 14.3 Å². The number of carbonyl (C=O) groups is 1. The van der Waals surface area contributed by atoms with E-state index in [1.54, 1.807) is 6.26 Å². The molecule has 1 aromatic heterocycles. The minimum Gasteiger partial charge on any atom is -0.481 e. The van der Waals surface area contributed by atoms with Gasteiger partial charge in [0.25, 0.3) is 0 Å². The van der Waals surface area contributed by atoms with Gasteiger partial charge in [-0.1, -0.05) is 0 Å². The number of nitrogens with zero attached hydrogens (tertiary/aromatic N) is 1. The first-order chi connectivity index (χ1) is 6.75. The Kier molecular flexibility index (Phi) is 2.43. The quantitative estimate of drug-likeness (QED) is 0.794. The number of furan rings is 1. The van der Waals surface area contributed by atoms with Crippen LogP contribution in [0.1, 0.15) is 18.6 Å². The SMILES string of the molecule is O=C(O)Cc1cc(N2CCCC2)co1. The van der Waals surface area contributed by atoms with Gasteiger partial charge in [-0.3, -0.25) is 4.79 Å². The monoisotopic (exact) mass is 195 g/mol. The van der Waals surface area contributed by atoms with E-state index in [0.29, 0.717) is 5.76 Å². The normalized spacial score (nSPS) is 16.1. The van der Waals surface area contributed by atoms with Crippen LogP contribution in [0.3, 0.4) is 0 Å². The van der Waals surface area contributed by atoms with Crippen LogP contribution in [0.25, 0.3) is 0 Å². The van der Waals surface area contributed by atoms with E-state index in [1.807, 2.05) is 6.07 Å². The molecule has 0 spiro atoms. The van der Waals surface area contributed by atoms with E-state index in [0.717, 1.165) is 18.8 Å². The zero-order chi connectivity index (χ0) is 9.97. The number of carboxylic acid groups (broad SMARTS) is 1. The Bertz CT molecular complexity index is 326. The minimum atomic E-state index is -0.854. The molecule has 0 bridgehead atoms. The summed E-state index contributed by atoms with van der Waals surface area (Å²) in [6.45, 7) is 2.10. The largest absolute Gasteiger partial charge is 0.481 e.